The summed E-state index contributed by atoms with van der Waals surface area (Å²) in [6.45, 7) is 2.48. The van der Waals surface area contributed by atoms with Gasteiger partial charge < -0.3 is 14.7 Å². The Balaban J connectivity index is 2.69. The zero-order valence-corrected chi connectivity index (χ0v) is 12.9. The van der Waals surface area contributed by atoms with E-state index in [0.29, 0.717) is 16.8 Å². The number of rotatable bonds is 6. The monoisotopic (exact) mass is 341 g/mol. The highest BCUT2D eigenvalue weighted by Gasteiger charge is 2.09. The Bertz CT molecular complexity index is 528. The molecule has 0 bridgehead atoms. The summed E-state index contributed by atoms with van der Waals surface area (Å²) in [6, 6.07) is 5.13. The summed E-state index contributed by atoms with van der Waals surface area (Å²) >= 11 is 3.33. The molecule has 0 unspecified atom stereocenters. The van der Waals surface area contributed by atoms with Crippen molar-refractivity contribution in [3.05, 3.63) is 34.3 Å². The summed E-state index contributed by atoms with van der Waals surface area (Å²) in [5.74, 6) is -0.570. The largest absolute Gasteiger partial charge is 0.483 e. The van der Waals surface area contributed by atoms with E-state index in [1.807, 2.05) is 6.92 Å². The van der Waals surface area contributed by atoms with E-state index >= 15 is 0 Å². The van der Waals surface area contributed by atoms with E-state index in [1.54, 1.807) is 30.1 Å². The smallest absolute Gasteiger partial charge is 0.328 e. The summed E-state index contributed by atoms with van der Waals surface area (Å²) in [6.07, 6.45) is 2.54. The zero-order valence-electron chi connectivity index (χ0n) is 11.3. The van der Waals surface area contributed by atoms with E-state index in [2.05, 4.69) is 15.9 Å². The van der Waals surface area contributed by atoms with Crippen molar-refractivity contribution in [3.8, 4) is 5.75 Å². The standard InChI is InChI=1S/C14H16BrNO4/c1-3-16(2)13(17)9-20-12-6-4-10(8-11(12)15)5-7-14(18)19/h4-8H,3,9H2,1-2H3,(H,18,19). The Morgan fingerprint density at radius 2 is 2.15 bits per heavy atom. The molecule has 6 heteroatoms. The van der Waals surface area contributed by atoms with Gasteiger partial charge in [-0.25, -0.2) is 4.79 Å². The van der Waals surface area contributed by atoms with Crippen LogP contribution in [0.25, 0.3) is 6.08 Å². The fraction of sp³-hybridized carbons (Fsp3) is 0.286. The fourth-order valence-electron chi connectivity index (χ4n) is 1.33. The second kappa shape index (κ2) is 7.69. The van der Waals surface area contributed by atoms with E-state index in [9.17, 15) is 9.59 Å². The summed E-state index contributed by atoms with van der Waals surface area (Å²) in [7, 11) is 1.71. The van der Waals surface area contributed by atoms with Crippen molar-refractivity contribution in [2.75, 3.05) is 20.2 Å². The number of benzene rings is 1. The van der Waals surface area contributed by atoms with Gasteiger partial charge in [-0.2, -0.15) is 0 Å². The van der Waals surface area contributed by atoms with Crippen molar-refractivity contribution < 1.29 is 19.4 Å². The third-order valence-corrected chi connectivity index (χ3v) is 3.25. The number of amides is 1. The molecule has 0 aliphatic rings. The summed E-state index contributed by atoms with van der Waals surface area (Å²) in [4.78, 5) is 23.6. The minimum Gasteiger partial charge on any atom is -0.483 e. The number of hydrogen-bond acceptors (Lipinski definition) is 3. The van der Waals surface area contributed by atoms with E-state index < -0.39 is 5.97 Å². The molecule has 0 fully saturated rings. The second-order valence-corrected chi connectivity index (χ2v) is 4.91. The molecule has 0 radical (unpaired) electrons. The number of carbonyl (C=O) groups is 2. The molecule has 5 nitrogen and oxygen atoms in total. The molecule has 0 aromatic heterocycles. The van der Waals surface area contributed by atoms with Gasteiger partial charge in [0.2, 0.25) is 0 Å². The number of aliphatic carboxylic acids is 1. The topological polar surface area (TPSA) is 66.8 Å². The summed E-state index contributed by atoms with van der Waals surface area (Å²) in [5, 5.41) is 8.55. The molecule has 108 valence electrons. The maximum Gasteiger partial charge on any atom is 0.328 e. The van der Waals surface area contributed by atoms with Gasteiger partial charge in [0, 0.05) is 19.7 Å². The van der Waals surface area contributed by atoms with Crippen LogP contribution in [0.1, 0.15) is 12.5 Å². The molecule has 20 heavy (non-hydrogen) atoms. The molecule has 0 heterocycles. The minimum absolute atomic E-state index is 0.0345. The first-order chi connectivity index (χ1) is 9.43. The van der Waals surface area contributed by atoms with Gasteiger partial charge in [-0.1, -0.05) is 6.07 Å². The first kappa shape index (κ1) is 16.2. The highest BCUT2D eigenvalue weighted by Crippen LogP contribution is 2.26. The molecule has 1 aromatic rings. The molecule has 1 aromatic carbocycles. The number of likely N-dealkylation sites (N-methyl/N-ethyl adjacent to an activating group) is 1. The van der Waals surface area contributed by atoms with Crippen LogP contribution in [-0.4, -0.2) is 42.1 Å². The number of carboxylic acids is 1. The van der Waals surface area contributed by atoms with Crippen molar-refractivity contribution in [1.82, 2.24) is 4.90 Å². The van der Waals surface area contributed by atoms with Crippen LogP contribution < -0.4 is 4.74 Å². The second-order valence-electron chi connectivity index (χ2n) is 4.06. The van der Waals surface area contributed by atoms with Gasteiger partial charge in [-0.3, -0.25) is 4.79 Å². The Labute approximate surface area is 126 Å². The van der Waals surface area contributed by atoms with Gasteiger partial charge in [0.15, 0.2) is 6.61 Å². The molecule has 1 amide bonds. The molecule has 0 aliphatic carbocycles. The Morgan fingerprint density at radius 3 is 2.70 bits per heavy atom. The number of ether oxygens (including phenoxy) is 1. The Kier molecular flexibility index (Phi) is 6.24. The quantitative estimate of drug-likeness (QED) is 0.807. The number of hydrogen-bond donors (Lipinski definition) is 1. The molecule has 0 aliphatic heterocycles. The predicted molar refractivity (Wildman–Crippen MR) is 79.6 cm³/mol. The summed E-state index contributed by atoms with van der Waals surface area (Å²) in [5.41, 5.74) is 0.726. The predicted octanol–water partition coefficient (Wildman–Crippen LogP) is 2.40. The van der Waals surface area contributed by atoms with Crippen LogP contribution >= 0.6 is 15.9 Å². The highest BCUT2D eigenvalue weighted by atomic mass is 79.9. The van der Waals surface area contributed by atoms with Crippen LogP contribution in [0.5, 0.6) is 5.75 Å². The lowest BCUT2D eigenvalue weighted by molar-refractivity contribution is -0.132. The first-order valence-corrected chi connectivity index (χ1v) is 6.80. The van der Waals surface area contributed by atoms with Gasteiger partial charge >= 0.3 is 5.97 Å². The molecule has 0 spiro atoms. The first-order valence-electron chi connectivity index (χ1n) is 6.01. The van der Waals surface area contributed by atoms with Crippen LogP contribution in [0.2, 0.25) is 0 Å². The van der Waals surface area contributed by atoms with E-state index in [4.69, 9.17) is 9.84 Å². The van der Waals surface area contributed by atoms with Crippen LogP contribution in [0.15, 0.2) is 28.7 Å². The molecular weight excluding hydrogens is 326 g/mol. The van der Waals surface area contributed by atoms with Gasteiger partial charge in [-0.05, 0) is 46.6 Å². The number of carbonyl (C=O) groups excluding carboxylic acids is 1. The van der Waals surface area contributed by atoms with Crippen LogP contribution in [-0.2, 0) is 9.59 Å². The van der Waals surface area contributed by atoms with Gasteiger partial charge in [0.25, 0.3) is 5.91 Å². The maximum absolute atomic E-state index is 11.6. The molecule has 1 N–H and O–H groups in total. The third-order valence-electron chi connectivity index (χ3n) is 2.63. The van der Waals surface area contributed by atoms with E-state index in [-0.39, 0.29) is 12.5 Å². The van der Waals surface area contributed by atoms with Crippen molar-refractivity contribution in [1.29, 1.82) is 0 Å². The molecule has 1 rings (SSSR count). The average Bonchev–Trinajstić information content (AvgIpc) is 2.42. The van der Waals surface area contributed by atoms with Crippen molar-refractivity contribution >= 4 is 33.9 Å². The lowest BCUT2D eigenvalue weighted by Gasteiger charge is -2.15. The van der Waals surface area contributed by atoms with Crippen LogP contribution in [0, 0.1) is 0 Å². The fourth-order valence-corrected chi connectivity index (χ4v) is 1.84. The normalized spacial score (nSPS) is 10.6. The van der Waals surface area contributed by atoms with Crippen LogP contribution in [0.3, 0.4) is 0 Å². The maximum atomic E-state index is 11.6. The SMILES string of the molecule is CCN(C)C(=O)COc1ccc(C=CC(=O)O)cc1Br. The molecule has 0 saturated heterocycles. The van der Waals surface area contributed by atoms with E-state index in [0.717, 1.165) is 11.6 Å². The van der Waals surface area contributed by atoms with Crippen molar-refractivity contribution in [3.63, 3.8) is 0 Å². The molecule has 0 saturated carbocycles. The lowest BCUT2D eigenvalue weighted by atomic mass is 10.2. The Hall–Kier alpha value is -1.82. The molecule has 0 atom stereocenters. The molecular formula is C14H16BrNO4. The van der Waals surface area contributed by atoms with Crippen molar-refractivity contribution in [2.45, 2.75) is 6.92 Å². The van der Waals surface area contributed by atoms with Crippen molar-refractivity contribution in [2.24, 2.45) is 0 Å². The number of nitrogens with zero attached hydrogens (tertiary/aromatic N) is 1. The highest BCUT2D eigenvalue weighted by molar-refractivity contribution is 9.10. The van der Waals surface area contributed by atoms with Crippen LogP contribution in [0.4, 0.5) is 0 Å². The third kappa shape index (κ3) is 5.05. The van der Waals surface area contributed by atoms with Gasteiger partial charge in [-0.15, -0.1) is 0 Å². The minimum atomic E-state index is -1.00. The number of carboxylic acid groups (broad SMARTS) is 1. The number of halogens is 1. The zero-order chi connectivity index (χ0) is 15.1. The van der Waals surface area contributed by atoms with Gasteiger partial charge in [0.05, 0.1) is 4.47 Å². The Morgan fingerprint density at radius 1 is 1.45 bits per heavy atom. The summed E-state index contributed by atoms with van der Waals surface area (Å²) < 4.78 is 6.09. The average molecular weight is 342 g/mol. The lowest BCUT2D eigenvalue weighted by Crippen LogP contribution is -2.31. The van der Waals surface area contributed by atoms with Gasteiger partial charge in [0.1, 0.15) is 5.75 Å². The van der Waals surface area contributed by atoms with E-state index in [1.165, 1.54) is 6.08 Å².